The molecule has 1 fully saturated rings. The molecule has 0 saturated carbocycles. The standard InChI is InChI=1S/C12H19N3O/c1-14-7-8-15(13)10-12(9-14)16-11-5-3-2-4-6-11/h2-6,12H,7-10,13H2,1H3. The Kier molecular flexibility index (Phi) is 3.77. The first-order chi connectivity index (χ1) is 7.74. The Morgan fingerprint density at radius 2 is 1.94 bits per heavy atom. The van der Waals surface area contributed by atoms with Crippen LogP contribution in [0.3, 0.4) is 0 Å². The van der Waals surface area contributed by atoms with Gasteiger partial charge < -0.3 is 9.64 Å². The number of hydrazine groups is 1. The molecule has 4 heteroatoms. The number of ether oxygens (including phenoxy) is 1. The fourth-order valence-corrected chi connectivity index (χ4v) is 1.91. The van der Waals surface area contributed by atoms with Crippen LogP contribution in [0.5, 0.6) is 5.75 Å². The smallest absolute Gasteiger partial charge is 0.125 e. The van der Waals surface area contributed by atoms with E-state index in [1.807, 2.05) is 35.3 Å². The molecule has 16 heavy (non-hydrogen) atoms. The maximum absolute atomic E-state index is 5.91. The van der Waals surface area contributed by atoms with Crippen molar-refractivity contribution in [1.29, 1.82) is 0 Å². The highest BCUT2D eigenvalue weighted by molar-refractivity contribution is 5.21. The zero-order valence-corrected chi connectivity index (χ0v) is 9.67. The molecule has 1 aliphatic heterocycles. The van der Waals surface area contributed by atoms with Gasteiger partial charge in [-0.3, -0.25) is 5.84 Å². The number of nitrogens with two attached hydrogens (primary N) is 1. The lowest BCUT2D eigenvalue weighted by molar-refractivity contribution is 0.137. The monoisotopic (exact) mass is 221 g/mol. The van der Waals surface area contributed by atoms with Gasteiger partial charge in [-0.2, -0.15) is 0 Å². The number of likely N-dealkylation sites (N-methyl/N-ethyl adjacent to an activating group) is 1. The molecule has 1 heterocycles. The van der Waals surface area contributed by atoms with E-state index < -0.39 is 0 Å². The molecule has 88 valence electrons. The van der Waals surface area contributed by atoms with Crippen LogP contribution in [0, 0.1) is 0 Å². The highest BCUT2D eigenvalue weighted by atomic mass is 16.5. The van der Waals surface area contributed by atoms with E-state index in [0.717, 1.165) is 31.9 Å². The molecule has 0 aliphatic carbocycles. The minimum atomic E-state index is 0.139. The Hall–Kier alpha value is -1.10. The van der Waals surface area contributed by atoms with E-state index >= 15 is 0 Å². The number of hydrogen-bond acceptors (Lipinski definition) is 4. The van der Waals surface area contributed by atoms with Gasteiger partial charge in [0, 0.05) is 19.6 Å². The highest BCUT2D eigenvalue weighted by Gasteiger charge is 2.20. The van der Waals surface area contributed by atoms with Crippen LogP contribution in [0.25, 0.3) is 0 Å². The Bertz CT molecular complexity index is 305. The van der Waals surface area contributed by atoms with Gasteiger partial charge in [0.15, 0.2) is 0 Å². The maximum Gasteiger partial charge on any atom is 0.125 e. The summed E-state index contributed by atoms with van der Waals surface area (Å²) in [6.45, 7) is 3.58. The third-order valence-electron chi connectivity index (χ3n) is 2.77. The fraction of sp³-hybridized carbons (Fsp3) is 0.500. The third-order valence-corrected chi connectivity index (χ3v) is 2.77. The fourth-order valence-electron chi connectivity index (χ4n) is 1.91. The Labute approximate surface area is 96.6 Å². The molecule has 1 aromatic carbocycles. The van der Waals surface area contributed by atoms with Crippen molar-refractivity contribution in [2.24, 2.45) is 5.84 Å². The van der Waals surface area contributed by atoms with Gasteiger partial charge in [-0.25, -0.2) is 5.01 Å². The molecule has 1 saturated heterocycles. The number of nitrogens with zero attached hydrogens (tertiary/aromatic N) is 2. The molecule has 0 aromatic heterocycles. The van der Waals surface area contributed by atoms with Gasteiger partial charge in [-0.15, -0.1) is 0 Å². The van der Waals surface area contributed by atoms with Crippen LogP contribution in [-0.4, -0.2) is 49.2 Å². The van der Waals surface area contributed by atoms with E-state index in [4.69, 9.17) is 10.6 Å². The molecule has 1 atom stereocenters. The summed E-state index contributed by atoms with van der Waals surface area (Å²) in [7, 11) is 2.10. The summed E-state index contributed by atoms with van der Waals surface area (Å²) in [6, 6.07) is 9.91. The molecule has 1 unspecified atom stereocenters. The van der Waals surface area contributed by atoms with Crippen LogP contribution in [0.4, 0.5) is 0 Å². The van der Waals surface area contributed by atoms with Crippen molar-refractivity contribution in [3.63, 3.8) is 0 Å². The van der Waals surface area contributed by atoms with Gasteiger partial charge >= 0.3 is 0 Å². The normalized spacial score (nSPS) is 24.0. The van der Waals surface area contributed by atoms with Crippen molar-refractivity contribution in [3.8, 4) is 5.75 Å². The molecule has 0 bridgehead atoms. The first-order valence-corrected chi connectivity index (χ1v) is 5.64. The van der Waals surface area contributed by atoms with Crippen LogP contribution < -0.4 is 10.6 Å². The predicted molar refractivity (Wildman–Crippen MR) is 64.1 cm³/mol. The van der Waals surface area contributed by atoms with Gasteiger partial charge in [0.25, 0.3) is 0 Å². The molecule has 1 aromatic rings. The van der Waals surface area contributed by atoms with E-state index in [1.165, 1.54) is 0 Å². The van der Waals surface area contributed by atoms with Crippen LogP contribution in [0.2, 0.25) is 0 Å². The molecule has 0 amide bonds. The van der Waals surface area contributed by atoms with Gasteiger partial charge in [-0.1, -0.05) is 18.2 Å². The molecule has 4 nitrogen and oxygen atoms in total. The second-order valence-corrected chi connectivity index (χ2v) is 4.31. The Morgan fingerprint density at radius 1 is 1.19 bits per heavy atom. The van der Waals surface area contributed by atoms with Gasteiger partial charge in [0.05, 0.1) is 6.54 Å². The van der Waals surface area contributed by atoms with Crippen LogP contribution in [0.15, 0.2) is 30.3 Å². The zero-order chi connectivity index (χ0) is 11.4. The summed E-state index contributed by atoms with van der Waals surface area (Å²) in [4.78, 5) is 2.25. The minimum absolute atomic E-state index is 0.139. The molecule has 1 aliphatic rings. The number of para-hydroxylation sites is 1. The number of hydrogen-bond donors (Lipinski definition) is 1. The third kappa shape index (κ3) is 3.20. The van der Waals surface area contributed by atoms with Gasteiger partial charge in [0.2, 0.25) is 0 Å². The van der Waals surface area contributed by atoms with E-state index in [-0.39, 0.29) is 6.10 Å². The summed E-state index contributed by atoms with van der Waals surface area (Å²) < 4.78 is 5.91. The van der Waals surface area contributed by atoms with Crippen molar-refractivity contribution in [1.82, 2.24) is 9.91 Å². The first kappa shape index (κ1) is 11.4. The predicted octanol–water partition coefficient (Wildman–Crippen LogP) is 0.555. The van der Waals surface area contributed by atoms with Gasteiger partial charge in [0.1, 0.15) is 11.9 Å². The van der Waals surface area contributed by atoms with Crippen molar-refractivity contribution in [3.05, 3.63) is 30.3 Å². The van der Waals surface area contributed by atoms with E-state index in [9.17, 15) is 0 Å². The number of rotatable bonds is 2. The van der Waals surface area contributed by atoms with Crippen LogP contribution in [-0.2, 0) is 0 Å². The molecule has 0 spiro atoms. The topological polar surface area (TPSA) is 41.7 Å². The van der Waals surface area contributed by atoms with E-state index in [2.05, 4.69) is 11.9 Å². The molecule has 2 N–H and O–H groups in total. The minimum Gasteiger partial charge on any atom is -0.488 e. The number of benzene rings is 1. The average molecular weight is 221 g/mol. The summed E-state index contributed by atoms with van der Waals surface area (Å²) in [5.74, 6) is 6.78. The second kappa shape index (κ2) is 5.30. The highest BCUT2D eigenvalue weighted by Crippen LogP contribution is 2.12. The summed E-state index contributed by atoms with van der Waals surface area (Å²) in [5.41, 5.74) is 0. The Morgan fingerprint density at radius 3 is 2.69 bits per heavy atom. The van der Waals surface area contributed by atoms with E-state index in [1.54, 1.807) is 0 Å². The summed E-state index contributed by atoms with van der Waals surface area (Å²) >= 11 is 0. The summed E-state index contributed by atoms with van der Waals surface area (Å²) in [6.07, 6.45) is 0.139. The average Bonchev–Trinajstić information content (AvgIpc) is 2.42. The molecule has 0 radical (unpaired) electrons. The van der Waals surface area contributed by atoms with E-state index in [0.29, 0.717) is 0 Å². The van der Waals surface area contributed by atoms with Crippen molar-refractivity contribution in [2.45, 2.75) is 6.10 Å². The maximum atomic E-state index is 5.91. The lowest BCUT2D eigenvalue weighted by Gasteiger charge is -2.22. The van der Waals surface area contributed by atoms with Gasteiger partial charge in [-0.05, 0) is 19.2 Å². The van der Waals surface area contributed by atoms with Crippen LogP contribution >= 0.6 is 0 Å². The van der Waals surface area contributed by atoms with Crippen molar-refractivity contribution in [2.75, 3.05) is 33.2 Å². The largest absolute Gasteiger partial charge is 0.488 e. The summed E-state index contributed by atoms with van der Waals surface area (Å²) in [5, 5.41) is 1.83. The van der Waals surface area contributed by atoms with Crippen LogP contribution in [0.1, 0.15) is 0 Å². The quantitative estimate of drug-likeness (QED) is 0.741. The Balaban J connectivity index is 1.97. The molecule has 2 rings (SSSR count). The molecular formula is C12H19N3O. The zero-order valence-electron chi connectivity index (χ0n) is 9.67. The van der Waals surface area contributed by atoms with Crippen molar-refractivity contribution >= 4 is 0 Å². The SMILES string of the molecule is CN1CCN(N)CC(Oc2ccccc2)C1. The lowest BCUT2D eigenvalue weighted by atomic mass is 10.3. The van der Waals surface area contributed by atoms with Crippen molar-refractivity contribution < 1.29 is 4.74 Å². The first-order valence-electron chi connectivity index (χ1n) is 5.64. The lowest BCUT2D eigenvalue weighted by Crippen LogP contribution is -2.40. The second-order valence-electron chi connectivity index (χ2n) is 4.31. The molecular weight excluding hydrogens is 202 g/mol.